The van der Waals surface area contributed by atoms with Crippen molar-refractivity contribution in [3.8, 4) is 6.07 Å². The zero-order chi connectivity index (χ0) is 13.7. The molecule has 1 aliphatic rings. The molecule has 1 aliphatic heterocycles. The van der Waals surface area contributed by atoms with Crippen molar-refractivity contribution in [2.75, 3.05) is 13.1 Å². The molecule has 0 radical (unpaired) electrons. The van der Waals surface area contributed by atoms with Crippen LogP contribution in [0.15, 0.2) is 30.3 Å². The Morgan fingerprint density at radius 2 is 1.95 bits per heavy atom. The molecule has 1 heterocycles. The summed E-state index contributed by atoms with van der Waals surface area (Å²) in [7, 11) is 0. The average Bonchev–Trinajstić information content (AvgIpc) is 2.46. The highest BCUT2D eigenvalue weighted by molar-refractivity contribution is 5.72. The Labute approximate surface area is 113 Å². The summed E-state index contributed by atoms with van der Waals surface area (Å²) in [5.41, 5.74) is 6.22. The first kappa shape index (κ1) is 13.4. The largest absolute Gasteiger partial charge is 0.351 e. The maximum absolute atomic E-state index is 11.1. The molecule has 2 amide bonds. The van der Waals surface area contributed by atoms with E-state index in [1.54, 1.807) is 4.90 Å². The smallest absolute Gasteiger partial charge is 0.314 e. The molecule has 0 spiro atoms. The number of carbonyl (C=O) groups is 1. The van der Waals surface area contributed by atoms with Crippen LogP contribution in [0.4, 0.5) is 4.79 Å². The minimum absolute atomic E-state index is 0.304. The lowest BCUT2D eigenvalue weighted by molar-refractivity contribution is 0.150. The van der Waals surface area contributed by atoms with Crippen molar-refractivity contribution in [1.82, 2.24) is 4.90 Å². The van der Waals surface area contributed by atoms with Gasteiger partial charge in [0.15, 0.2) is 0 Å². The number of primary amides is 1. The van der Waals surface area contributed by atoms with Gasteiger partial charge < -0.3 is 10.6 Å². The number of carbonyl (C=O) groups excluding carboxylic acids is 1. The second-order valence-corrected chi connectivity index (χ2v) is 5.20. The van der Waals surface area contributed by atoms with E-state index in [4.69, 9.17) is 5.73 Å². The predicted molar refractivity (Wildman–Crippen MR) is 73.2 cm³/mol. The van der Waals surface area contributed by atoms with E-state index in [9.17, 15) is 10.1 Å². The van der Waals surface area contributed by atoms with Crippen LogP contribution in [0.1, 0.15) is 24.8 Å². The standard InChI is InChI=1S/C15H19N3O/c16-12-15(7-6-13-4-2-1-3-5-13)8-10-18(11-9-15)14(17)19/h1-5H,6-11H2,(H2,17,19). The lowest BCUT2D eigenvalue weighted by Gasteiger charge is -2.36. The molecule has 1 fully saturated rings. The summed E-state index contributed by atoms with van der Waals surface area (Å²) in [6.07, 6.45) is 3.20. The molecule has 4 heteroatoms. The summed E-state index contributed by atoms with van der Waals surface area (Å²) in [5, 5.41) is 9.46. The Kier molecular flexibility index (Phi) is 4.06. The van der Waals surface area contributed by atoms with E-state index in [-0.39, 0.29) is 11.4 Å². The van der Waals surface area contributed by atoms with Crippen molar-refractivity contribution in [2.24, 2.45) is 11.1 Å². The molecule has 0 unspecified atom stereocenters. The van der Waals surface area contributed by atoms with Gasteiger partial charge in [-0.15, -0.1) is 0 Å². The van der Waals surface area contributed by atoms with Crippen LogP contribution in [-0.2, 0) is 6.42 Å². The second kappa shape index (κ2) is 5.75. The topological polar surface area (TPSA) is 70.1 Å². The predicted octanol–water partition coefficient (Wildman–Crippen LogP) is 2.30. The molecule has 0 atom stereocenters. The molecule has 19 heavy (non-hydrogen) atoms. The quantitative estimate of drug-likeness (QED) is 0.902. The highest BCUT2D eigenvalue weighted by Crippen LogP contribution is 2.35. The number of urea groups is 1. The van der Waals surface area contributed by atoms with Gasteiger partial charge in [-0.2, -0.15) is 5.26 Å². The van der Waals surface area contributed by atoms with Crippen LogP contribution in [0.5, 0.6) is 0 Å². The molecule has 1 aromatic rings. The number of likely N-dealkylation sites (tertiary alicyclic amines) is 1. The summed E-state index contributed by atoms with van der Waals surface area (Å²) < 4.78 is 0. The minimum Gasteiger partial charge on any atom is -0.351 e. The van der Waals surface area contributed by atoms with Crippen LogP contribution >= 0.6 is 0 Å². The fourth-order valence-corrected chi connectivity index (χ4v) is 2.60. The van der Waals surface area contributed by atoms with Gasteiger partial charge in [-0.1, -0.05) is 30.3 Å². The monoisotopic (exact) mass is 257 g/mol. The molecule has 0 aliphatic carbocycles. The molecule has 1 aromatic carbocycles. The highest BCUT2D eigenvalue weighted by Gasteiger charge is 2.35. The molecule has 0 aromatic heterocycles. The number of rotatable bonds is 3. The first-order chi connectivity index (χ1) is 9.15. The van der Waals surface area contributed by atoms with Gasteiger partial charge in [-0.25, -0.2) is 4.79 Å². The van der Waals surface area contributed by atoms with Crippen molar-refractivity contribution >= 4 is 6.03 Å². The zero-order valence-corrected chi connectivity index (χ0v) is 11.0. The maximum atomic E-state index is 11.1. The van der Waals surface area contributed by atoms with Gasteiger partial charge in [0.25, 0.3) is 0 Å². The van der Waals surface area contributed by atoms with Gasteiger partial charge in [0.2, 0.25) is 0 Å². The van der Waals surface area contributed by atoms with Crippen LogP contribution in [-0.4, -0.2) is 24.0 Å². The number of hydrogen-bond acceptors (Lipinski definition) is 2. The average molecular weight is 257 g/mol. The van der Waals surface area contributed by atoms with E-state index in [1.165, 1.54) is 5.56 Å². The fourth-order valence-electron chi connectivity index (χ4n) is 2.60. The summed E-state index contributed by atoms with van der Waals surface area (Å²) in [6, 6.07) is 12.3. The first-order valence-corrected chi connectivity index (χ1v) is 6.65. The molecule has 4 nitrogen and oxygen atoms in total. The number of piperidine rings is 1. The van der Waals surface area contributed by atoms with Gasteiger partial charge in [0.1, 0.15) is 0 Å². The second-order valence-electron chi connectivity index (χ2n) is 5.20. The number of amides is 2. The molecule has 0 saturated carbocycles. The van der Waals surface area contributed by atoms with Crippen LogP contribution in [0.25, 0.3) is 0 Å². The number of benzene rings is 1. The van der Waals surface area contributed by atoms with E-state index in [0.29, 0.717) is 13.1 Å². The Balaban J connectivity index is 1.94. The number of nitrogens with two attached hydrogens (primary N) is 1. The summed E-state index contributed by atoms with van der Waals surface area (Å²) in [6.45, 7) is 1.19. The molecule has 1 saturated heterocycles. The van der Waals surface area contributed by atoms with Crippen molar-refractivity contribution < 1.29 is 4.79 Å². The van der Waals surface area contributed by atoms with E-state index >= 15 is 0 Å². The Morgan fingerprint density at radius 1 is 1.32 bits per heavy atom. The number of hydrogen-bond donors (Lipinski definition) is 1. The summed E-state index contributed by atoms with van der Waals surface area (Å²) >= 11 is 0. The maximum Gasteiger partial charge on any atom is 0.314 e. The fraction of sp³-hybridized carbons (Fsp3) is 0.467. The minimum atomic E-state index is -0.380. The van der Waals surface area contributed by atoms with Gasteiger partial charge >= 0.3 is 6.03 Å². The molecule has 2 rings (SSSR count). The SMILES string of the molecule is N#CC1(CCc2ccccc2)CCN(C(N)=O)CC1. The normalized spacial score (nSPS) is 17.7. The van der Waals surface area contributed by atoms with Gasteiger partial charge in [0.05, 0.1) is 11.5 Å². The van der Waals surface area contributed by atoms with Crippen LogP contribution in [0, 0.1) is 16.7 Å². The summed E-state index contributed by atoms with van der Waals surface area (Å²) in [4.78, 5) is 12.7. The van der Waals surface area contributed by atoms with E-state index in [2.05, 4.69) is 18.2 Å². The highest BCUT2D eigenvalue weighted by atomic mass is 16.2. The van der Waals surface area contributed by atoms with Crippen LogP contribution in [0.3, 0.4) is 0 Å². The van der Waals surface area contributed by atoms with Crippen molar-refractivity contribution in [1.29, 1.82) is 5.26 Å². The Hall–Kier alpha value is -2.02. The number of nitriles is 1. The van der Waals surface area contributed by atoms with Gasteiger partial charge in [0, 0.05) is 13.1 Å². The number of nitrogens with zero attached hydrogens (tertiary/aromatic N) is 2. The molecule has 2 N–H and O–H groups in total. The van der Waals surface area contributed by atoms with Crippen molar-refractivity contribution in [3.63, 3.8) is 0 Å². The van der Waals surface area contributed by atoms with Gasteiger partial charge in [-0.05, 0) is 31.2 Å². The summed E-state index contributed by atoms with van der Waals surface area (Å²) in [5.74, 6) is 0. The molecular weight excluding hydrogens is 238 g/mol. The van der Waals surface area contributed by atoms with E-state index in [0.717, 1.165) is 25.7 Å². The third kappa shape index (κ3) is 3.25. The molecule has 0 bridgehead atoms. The van der Waals surface area contributed by atoms with Crippen molar-refractivity contribution in [3.05, 3.63) is 35.9 Å². The zero-order valence-electron chi connectivity index (χ0n) is 11.0. The van der Waals surface area contributed by atoms with Gasteiger partial charge in [-0.3, -0.25) is 0 Å². The Bertz CT molecular complexity index is 470. The first-order valence-electron chi connectivity index (χ1n) is 6.65. The lowest BCUT2D eigenvalue weighted by Crippen LogP contribution is -2.45. The molecule has 100 valence electrons. The molecular formula is C15H19N3O. The van der Waals surface area contributed by atoms with Crippen molar-refractivity contribution in [2.45, 2.75) is 25.7 Å². The number of aryl methyl sites for hydroxylation is 1. The third-order valence-electron chi connectivity index (χ3n) is 4.00. The van der Waals surface area contributed by atoms with E-state index in [1.807, 2.05) is 18.2 Å². The third-order valence-corrected chi connectivity index (χ3v) is 4.00. The Morgan fingerprint density at radius 3 is 2.47 bits per heavy atom. The van der Waals surface area contributed by atoms with E-state index < -0.39 is 0 Å². The van der Waals surface area contributed by atoms with Crippen LogP contribution in [0.2, 0.25) is 0 Å². The van der Waals surface area contributed by atoms with Crippen LogP contribution < -0.4 is 5.73 Å². The lowest BCUT2D eigenvalue weighted by atomic mass is 9.75.